The normalized spacial score (nSPS) is 16.8. The summed E-state index contributed by atoms with van der Waals surface area (Å²) in [4.78, 5) is 29.1. The molecule has 0 aliphatic carbocycles. The first kappa shape index (κ1) is 22.0. The van der Waals surface area contributed by atoms with Gasteiger partial charge in [-0.25, -0.2) is 4.79 Å². The smallest absolute Gasteiger partial charge is 0.332 e. The molecule has 0 spiro atoms. The molecule has 1 aliphatic heterocycles. The number of H-pyrrole nitrogens is 1. The largest absolute Gasteiger partial charge is 0.353 e. The fourth-order valence-electron chi connectivity index (χ4n) is 3.81. The number of aromatic nitrogens is 4. The monoisotopic (exact) mass is 465 g/mol. The van der Waals surface area contributed by atoms with E-state index in [0.717, 1.165) is 29.8 Å². The Morgan fingerprint density at radius 2 is 2.00 bits per heavy atom. The van der Waals surface area contributed by atoms with Crippen LogP contribution in [0.15, 0.2) is 33.9 Å². The van der Waals surface area contributed by atoms with Gasteiger partial charge in [-0.3, -0.25) is 13.9 Å². The van der Waals surface area contributed by atoms with Crippen molar-refractivity contribution < 1.29 is 21.1 Å². The fourth-order valence-corrected chi connectivity index (χ4v) is 4.20. The third-order valence-corrected chi connectivity index (χ3v) is 6.09. The van der Waals surface area contributed by atoms with Crippen LogP contribution in [0.4, 0.5) is 0 Å². The Morgan fingerprint density at radius 3 is 2.71 bits per heavy atom. The van der Waals surface area contributed by atoms with Crippen LogP contribution in [-0.2, 0) is 29.6 Å². The number of ether oxygens (including phenoxy) is 2. The number of aromatic amines is 1. The second-order valence-electron chi connectivity index (χ2n) is 7.68. The summed E-state index contributed by atoms with van der Waals surface area (Å²) >= 11 is 10.6. The van der Waals surface area contributed by atoms with Gasteiger partial charge < -0.3 is 19.0 Å². The first-order chi connectivity index (χ1) is 15.0. The molecule has 1 N–H and O–H groups in total. The molecule has 1 fully saturated rings. The third kappa shape index (κ3) is 4.69. The average Bonchev–Trinajstić information content (AvgIpc) is 3.10. The van der Waals surface area contributed by atoms with Crippen molar-refractivity contribution in [2.45, 2.75) is 45.1 Å². The van der Waals surface area contributed by atoms with Gasteiger partial charge in [-0.05, 0) is 43.5 Å². The summed E-state index contributed by atoms with van der Waals surface area (Å²) < 4.78 is 16.1. The maximum Gasteiger partial charge on any atom is 0.332 e. The van der Waals surface area contributed by atoms with Crippen LogP contribution in [0.3, 0.4) is 0 Å². The number of nitrogens with one attached hydrogen (secondary N) is 1. The van der Waals surface area contributed by atoms with E-state index < -0.39 is 0 Å². The first-order valence-corrected chi connectivity index (χ1v) is 11.2. The van der Waals surface area contributed by atoms with Crippen molar-refractivity contribution in [1.82, 2.24) is 18.7 Å². The maximum absolute atomic E-state index is 13.3. The predicted octanol–water partition coefficient (Wildman–Crippen LogP) is 2.24. The summed E-state index contributed by atoms with van der Waals surface area (Å²) in [6.07, 6.45) is 3.38. The number of halogens is 1. The number of imidazole rings is 1. The van der Waals surface area contributed by atoms with Crippen molar-refractivity contribution >= 4 is 23.4 Å². The summed E-state index contributed by atoms with van der Waals surface area (Å²) in [5, 5.41) is 0.747. The van der Waals surface area contributed by atoms with Gasteiger partial charge in [0.15, 0.2) is 28.2 Å². The van der Waals surface area contributed by atoms with Gasteiger partial charge in [0.2, 0.25) is 5.02 Å². The van der Waals surface area contributed by atoms with Gasteiger partial charge >= 0.3 is 5.69 Å². The van der Waals surface area contributed by atoms with Crippen LogP contribution in [0, 0.1) is 16.4 Å². The van der Waals surface area contributed by atoms with E-state index in [1.54, 1.807) is 11.6 Å². The molecule has 0 amide bonds. The SMILES string of the molecule is Cn1c(=O)n(CCCOC2CCCCO2)c(=O)c2c1[nH]c(=S)n2Cc1ccc([ClH+])cc1. The molecule has 4 rings (SSSR count). The zero-order chi connectivity index (χ0) is 22.0. The van der Waals surface area contributed by atoms with Crippen LogP contribution < -0.4 is 11.2 Å². The van der Waals surface area contributed by atoms with E-state index in [9.17, 15) is 9.59 Å². The minimum Gasteiger partial charge on any atom is -0.353 e. The maximum atomic E-state index is 13.3. The van der Waals surface area contributed by atoms with E-state index in [4.69, 9.17) is 33.3 Å². The highest BCUT2D eigenvalue weighted by Crippen LogP contribution is 2.14. The molecule has 10 heteroatoms. The number of aryl methyl sites for hydroxylation is 1. The summed E-state index contributed by atoms with van der Waals surface area (Å²) in [6.45, 7) is 1.80. The molecule has 1 saturated heterocycles. The van der Waals surface area contributed by atoms with Crippen LogP contribution >= 0.6 is 12.2 Å². The van der Waals surface area contributed by atoms with E-state index in [0.29, 0.717) is 42.1 Å². The van der Waals surface area contributed by atoms with Crippen molar-refractivity contribution in [3.05, 3.63) is 60.5 Å². The third-order valence-electron chi connectivity index (χ3n) is 5.50. The van der Waals surface area contributed by atoms with Gasteiger partial charge in [0.1, 0.15) is 5.65 Å². The van der Waals surface area contributed by atoms with Crippen molar-refractivity contribution in [1.29, 1.82) is 0 Å². The van der Waals surface area contributed by atoms with Crippen molar-refractivity contribution in [2.24, 2.45) is 7.05 Å². The molecule has 0 saturated carbocycles. The second kappa shape index (κ2) is 9.52. The molecular weight excluding hydrogens is 440 g/mol. The lowest BCUT2D eigenvalue weighted by Gasteiger charge is -2.22. The van der Waals surface area contributed by atoms with Gasteiger partial charge in [0.25, 0.3) is 5.56 Å². The Balaban J connectivity index is 1.60. The predicted molar refractivity (Wildman–Crippen MR) is 117 cm³/mol. The van der Waals surface area contributed by atoms with Gasteiger partial charge in [0.05, 0.1) is 13.2 Å². The number of hydrogen-bond donors (Lipinski definition) is 1. The second-order valence-corrected chi connectivity index (χ2v) is 8.53. The average molecular weight is 466 g/mol. The van der Waals surface area contributed by atoms with Gasteiger partial charge in [-0.1, -0.05) is 12.1 Å². The minimum atomic E-state index is -0.384. The molecule has 1 unspecified atom stereocenters. The molecule has 31 heavy (non-hydrogen) atoms. The zero-order valence-electron chi connectivity index (χ0n) is 17.3. The zero-order valence-corrected chi connectivity index (χ0v) is 19.0. The number of benzene rings is 1. The summed E-state index contributed by atoms with van der Waals surface area (Å²) in [5.74, 6) is 0. The summed E-state index contributed by atoms with van der Waals surface area (Å²) in [6, 6.07) is 7.50. The Hall–Kier alpha value is -2.20. The van der Waals surface area contributed by atoms with Gasteiger partial charge in [-0.2, -0.15) is 0 Å². The number of rotatable bonds is 7. The van der Waals surface area contributed by atoms with Crippen LogP contribution in [0.1, 0.15) is 31.2 Å². The lowest BCUT2D eigenvalue weighted by Crippen LogP contribution is -2.40. The Labute approximate surface area is 189 Å². The molecule has 3 aromatic rings. The Kier molecular flexibility index (Phi) is 6.76. The minimum absolute atomic E-state index is 0.188. The molecule has 166 valence electrons. The lowest BCUT2D eigenvalue weighted by atomic mass is 10.2. The quantitative estimate of drug-likeness (QED) is 0.427. The molecule has 1 aromatic carbocycles. The van der Waals surface area contributed by atoms with E-state index in [1.807, 2.05) is 24.3 Å². The molecule has 0 bridgehead atoms. The summed E-state index contributed by atoms with van der Waals surface area (Å²) in [7, 11) is 1.63. The van der Waals surface area contributed by atoms with Gasteiger partial charge in [-0.15, -0.1) is 0 Å². The lowest BCUT2D eigenvalue weighted by molar-refractivity contribution is -0.288. The van der Waals surface area contributed by atoms with Crippen LogP contribution in [-0.4, -0.2) is 38.2 Å². The number of hydrogen-bond acceptors (Lipinski definition) is 5. The molecule has 2 aromatic heterocycles. The van der Waals surface area contributed by atoms with Gasteiger partial charge in [0, 0.05) is 32.3 Å². The van der Waals surface area contributed by atoms with Crippen LogP contribution in [0.2, 0.25) is 5.02 Å². The molecule has 1 atom stereocenters. The fraction of sp³-hybridized carbons (Fsp3) is 0.476. The Morgan fingerprint density at radius 1 is 1.23 bits per heavy atom. The molecule has 3 heterocycles. The van der Waals surface area contributed by atoms with Crippen molar-refractivity contribution in [3.63, 3.8) is 0 Å². The van der Waals surface area contributed by atoms with E-state index in [-0.39, 0.29) is 24.1 Å². The molecule has 0 radical (unpaired) electrons. The number of nitrogens with zero attached hydrogens (tertiary/aromatic N) is 3. The highest BCUT2D eigenvalue weighted by molar-refractivity contribution is 7.71. The topological polar surface area (TPSA) is 83.2 Å². The Bertz CT molecular complexity index is 1240. The molecular formula is C21H26ClN4O4S+. The van der Waals surface area contributed by atoms with E-state index >= 15 is 0 Å². The van der Waals surface area contributed by atoms with E-state index in [1.165, 1.54) is 9.13 Å². The van der Waals surface area contributed by atoms with Crippen molar-refractivity contribution in [3.8, 4) is 0 Å². The molecule has 1 aliphatic rings. The van der Waals surface area contributed by atoms with E-state index in [2.05, 4.69) is 4.98 Å². The number of fused-ring (bicyclic) bond motifs is 1. The molecule has 8 nitrogen and oxygen atoms in total. The summed E-state index contributed by atoms with van der Waals surface area (Å²) in [5.41, 5.74) is 1.02. The first-order valence-electron chi connectivity index (χ1n) is 10.4. The van der Waals surface area contributed by atoms with Crippen molar-refractivity contribution in [2.75, 3.05) is 13.2 Å². The van der Waals surface area contributed by atoms with Crippen LogP contribution in [0.25, 0.3) is 11.2 Å². The highest BCUT2D eigenvalue weighted by atomic mass is 35.5. The standard InChI is InChI=1S/C21H25ClN4O4S/c1-24-18-17(26(20(31)23-18)13-14-6-8-15(22)9-7-14)19(27)25(21(24)28)10-4-12-30-16-5-2-3-11-29-16/h6-9,16,22H,2-5,10-13H2,1H3/p+1. The van der Waals surface area contributed by atoms with Crippen LogP contribution in [0.5, 0.6) is 0 Å². The highest BCUT2D eigenvalue weighted by Gasteiger charge is 2.18.